The lowest BCUT2D eigenvalue weighted by molar-refractivity contribution is 0.694. The highest BCUT2D eigenvalue weighted by atomic mass is 15.3. The largest absolute Gasteiger partial charge is 0.351 e. The van der Waals surface area contributed by atoms with Gasteiger partial charge in [-0.3, -0.25) is 0 Å². The number of nitrogens with zero attached hydrogens (tertiary/aromatic N) is 4. The van der Waals surface area contributed by atoms with Crippen LogP contribution in [-0.2, 0) is 0 Å². The molecular weight excluding hydrogens is 284 g/mol. The van der Waals surface area contributed by atoms with Crippen molar-refractivity contribution < 1.29 is 0 Å². The van der Waals surface area contributed by atoms with Gasteiger partial charge in [-0.25, -0.2) is 9.50 Å². The summed E-state index contributed by atoms with van der Waals surface area (Å²) in [6.45, 7) is 7.55. The summed E-state index contributed by atoms with van der Waals surface area (Å²) in [4.78, 5) is 7.11. The topological polar surface area (TPSA) is 33.4 Å². The van der Waals surface area contributed by atoms with Crippen LogP contribution < -0.4 is 4.90 Å². The molecule has 1 aliphatic heterocycles. The average Bonchev–Trinajstić information content (AvgIpc) is 3.09. The van der Waals surface area contributed by atoms with Crippen molar-refractivity contribution >= 4 is 11.3 Å². The fraction of sp³-hybridized carbons (Fsp3) is 0.368. The zero-order valence-electron chi connectivity index (χ0n) is 13.9. The number of hydrogen-bond acceptors (Lipinski definition) is 3. The lowest BCUT2D eigenvalue weighted by Crippen LogP contribution is -2.28. The molecule has 1 aromatic carbocycles. The summed E-state index contributed by atoms with van der Waals surface area (Å²) in [5.41, 5.74) is 4.99. The summed E-state index contributed by atoms with van der Waals surface area (Å²) in [6, 6.07) is 11.3. The highest BCUT2D eigenvalue weighted by molar-refractivity contribution is 5.70. The molecule has 1 aliphatic rings. The Morgan fingerprint density at radius 2 is 2.00 bits per heavy atom. The molecule has 4 nitrogen and oxygen atoms in total. The molecule has 2 unspecified atom stereocenters. The molecular formula is C19H22N4. The monoisotopic (exact) mass is 306 g/mol. The maximum atomic E-state index is 4.67. The fourth-order valence-electron chi connectivity index (χ4n) is 3.85. The summed E-state index contributed by atoms with van der Waals surface area (Å²) in [7, 11) is 0. The number of hydrogen-bond donors (Lipinski definition) is 0. The van der Waals surface area contributed by atoms with Crippen LogP contribution in [0.5, 0.6) is 0 Å². The van der Waals surface area contributed by atoms with E-state index < -0.39 is 0 Å². The summed E-state index contributed by atoms with van der Waals surface area (Å²) in [5, 5.41) is 4.51. The second kappa shape index (κ2) is 5.37. The van der Waals surface area contributed by atoms with Crippen LogP contribution in [0.3, 0.4) is 0 Å². The van der Waals surface area contributed by atoms with E-state index in [0.717, 1.165) is 23.6 Å². The van der Waals surface area contributed by atoms with Crippen LogP contribution >= 0.6 is 0 Å². The number of anilines is 1. The molecule has 0 saturated carbocycles. The Balaban J connectivity index is 1.71. The summed E-state index contributed by atoms with van der Waals surface area (Å²) in [5.74, 6) is 1.62. The molecule has 23 heavy (non-hydrogen) atoms. The third-order valence-electron chi connectivity index (χ3n) is 4.97. The van der Waals surface area contributed by atoms with Crippen molar-refractivity contribution in [2.75, 3.05) is 11.4 Å². The Morgan fingerprint density at radius 1 is 1.17 bits per heavy atom. The highest BCUT2D eigenvalue weighted by Gasteiger charge is 2.32. The molecule has 3 heterocycles. The van der Waals surface area contributed by atoms with Gasteiger partial charge in [0.05, 0.1) is 5.69 Å². The predicted octanol–water partition coefficient (Wildman–Crippen LogP) is 3.73. The van der Waals surface area contributed by atoms with Crippen molar-refractivity contribution in [2.45, 2.75) is 39.2 Å². The Morgan fingerprint density at radius 3 is 2.83 bits per heavy atom. The molecule has 4 rings (SSSR count). The van der Waals surface area contributed by atoms with Crippen molar-refractivity contribution in [1.82, 2.24) is 14.6 Å². The van der Waals surface area contributed by atoms with E-state index in [2.05, 4.69) is 59.2 Å². The molecule has 0 bridgehead atoms. The van der Waals surface area contributed by atoms with Crippen molar-refractivity contribution in [2.24, 2.45) is 0 Å². The standard InChI is InChI=1S/C19H22N4/c1-13-6-4-5-7-17(13)16-11-15(3)22(12-16)19-18-10-14(2)21-23(18)9-8-20-19/h4-10,15-16H,11-12H2,1-3H3. The van der Waals surface area contributed by atoms with Gasteiger partial charge in [0.1, 0.15) is 5.52 Å². The molecule has 0 N–H and O–H groups in total. The van der Waals surface area contributed by atoms with Gasteiger partial charge in [-0.2, -0.15) is 5.10 Å². The SMILES string of the molecule is Cc1cc2c(N3CC(c4ccccc4C)CC3C)nccn2n1. The first-order chi connectivity index (χ1) is 11.1. The van der Waals surface area contributed by atoms with E-state index in [1.165, 1.54) is 17.5 Å². The van der Waals surface area contributed by atoms with E-state index in [9.17, 15) is 0 Å². The average molecular weight is 306 g/mol. The molecule has 0 radical (unpaired) electrons. The minimum atomic E-state index is 0.480. The van der Waals surface area contributed by atoms with Gasteiger partial charge in [0, 0.05) is 30.9 Å². The Kier molecular flexibility index (Phi) is 3.33. The second-order valence-electron chi connectivity index (χ2n) is 6.66. The number of aryl methyl sites for hydroxylation is 2. The van der Waals surface area contributed by atoms with E-state index >= 15 is 0 Å². The first kappa shape index (κ1) is 14.2. The fourth-order valence-corrected chi connectivity index (χ4v) is 3.85. The Hall–Kier alpha value is -2.36. The molecule has 0 spiro atoms. The molecule has 4 heteroatoms. The molecule has 1 saturated heterocycles. The van der Waals surface area contributed by atoms with Gasteiger partial charge >= 0.3 is 0 Å². The number of rotatable bonds is 2. The van der Waals surface area contributed by atoms with Gasteiger partial charge in [-0.05, 0) is 44.4 Å². The van der Waals surface area contributed by atoms with E-state index in [1.807, 2.05) is 23.8 Å². The molecule has 118 valence electrons. The Labute approximate surface area is 136 Å². The normalized spacial score (nSPS) is 21.3. The molecule has 2 aromatic heterocycles. The van der Waals surface area contributed by atoms with Crippen LogP contribution in [0.2, 0.25) is 0 Å². The minimum Gasteiger partial charge on any atom is -0.351 e. The molecule has 2 atom stereocenters. The number of aromatic nitrogens is 3. The van der Waals surface area contributed by atoms with Crippen LogP contribution in [-0.4, -0.2) is 27.2 Å². The van der Waals surface area contributed by atoms with Gasteiger partial charge in [0.25, 0.3) is 0 Å². The maximum Gasteiger partial charge on any atom is 0.154 e. The van der Waals surface area contributed by atoms with Gasteiger partial charge in [0.2, 0.25) is 0 Å². The van der Waals surface area contributed by atoms with E-state index in [1.54, 1.807) is 0 Å². The number of benzene rings is 1. The molecule has 3 aromatic rings. The zero-order chi connectivity index (χ0) is 16.0. The van der Waals surface area contributed by atoms with Crippen molar-refractivity contribution in [3.05, 3.63) is 59.5 Å². The second-order valence-corrected chi connectivity index (χ2v) is 6.66. The van der Waals surface area contributed by atoms with Gasteiger partial charge in [0.15, 0.2) is 5.82 Å². The minimum absolute atomic E-state index is 0.480. The molecule has 1 fully saturated rings. The van der Waals surface area contributed by atoms with E-state index in [0.29, 0.717) is 12.0 Å². The third kappa shape index (κ3) is 2.38. The van der Waals surface area contributed by atoms with Crippen LogP contribution in [0.1, 0.15) is 36.1 Å². The van der Waals surface area contributed by atoms with Gasteiger partial charge in [-0.15, -0.1) is 0 Å². The first-order valence-electron chi connectivity index (χ1n) is 8.26. The quantitative estimate of drug-likeness (QED) is 0.723. The number of fused-ring (bicyclic) bond motifs is 1. The van der Waals surface area contributed by atoms with Crippen LogP contribution in [0.4, 0.5) is 5.82 Å². The third-order valence-corrected chi connectivity index (χ3v) is 4.97. The Bertz CT molecular complexity index is 851. The maximum absolute atomic E-state index is 4.67. The van der Waals surface area contributed by atoms with Crippen molar-refractivity contribution in [1.29, 1.82) is 0 Å². The lowest BCUT2D eigenvalue weighted by atomic mass is 9.93. The summed E-state index contributed by atoms with van der Waals surface area (Å²) >= 11 is 0. The zero-order valence-corrected chi connectivity index (χ0v) is 13.9. The van der Waals surface area contributed by atoms with Crippen LogP contribution in [0, 0.1) is 13.8 Å². The van der Waals surface area contributed by atoms with Gasteiger partial charge < -0.3 is 4.90 Å². The lowest BCUT2D eigenvalue weighted by Gasteiger charge is -2.23. The molecule has 0 amide bonds. The summed E-state index contributed by atoms with van der Waals surface area (Å²) in [6.07, 6.45) is 4.94. The van der Waals surface area contributed by atoms with Crippen molar-refractivity contribution in [3.63, 3.8) is 0 Å². The molecule has 0 aliphatic carbocycles. The predicted molar refractivity (Wildman–Crippen MR) is 93.1 cm³/mol. The van der Waals surface area contributed by atoms with E-state index in [4.69, 9.17) is 0 Å². The smallest absolute Gasteiger partial charge is 0.154 e. The van der Waals surface area contributed by atoms with Gasteiger partial charge in [-0.1, -0.05) is 24.3 Å². The van der Waals surface area contributed by atoms with Crippen LogP contribution in [0.15, 0.2) is 42.7 Å². The summed E-state index contributed by atoms with van der Waals surface area (Å²) < 4.78 is 1.94. The highest BCUT2D eigenvalue weighted by Crippen LogP contribution is 2.36. The van der Waals surface area contributed by atoms with E-state index in [-0.39, 0.29) is 0 Å². The van der Waals surface area contributed by atoms with Crippen LogP contribution in [0.25, 0.3) is 5.52 Å². The van der Waals surface area contributed by atoms with Crippen molar-refractivity contribution in [3.8, 4) is 0 Å². The first-order valence-corrected chi connectivity index (χ1v) is 8.26.